The third kappa shape index (κ3) is 4.82. The van der Waals surface area contributed by atoms with Crippen LogP contribution in [0.1, 0.15) is 0 Å². The van der Waals surface area contributed by atoms with Crippen LogP contribution in [0.4, 0.5) is 17.1 Å². The molecule has 0 unspecified atom stereocenters. The van der Waals surface area contributed by atoms with E-state index in [2.05, 4.69) is 109 Å². The summed E-state index contributed by atoms with van der Waals surface area (Å²) in [6.45, 7) is 3.41. The van der Waals surface area contributed by atoms with Crippen molar-refractivity contribution >= 4 is 36.0 Å². The van der Waals surface area contributed by atoms with Gasteiger partial charge in [-0.15, -0.1) is 18.0 Å². The van der Waals surface area contributed by atoms with Crippen LogP contribution in [0.2, 0.25) is 13.0 Å². The van der Waals surface area contributed by atoms with Crippen molar-refractivity contribution in [3.63, 3.8) is 0 Å². The number of rotatable bonds is 4. The summed E-state index contributed by atoms with van der Waals surface area (Å²) in [6.07, 6.45) is 1.18. The van der Waals surface area contributed by atoms with Crippen LogP contribution in [0.25, 0.3) is 0 Å². The first kappa shape index (κ1) is 21.3. The van der Waals surface area contributed by atoms with Gasteiger partial charge < -0.3 is 12.3 Å². The molecule has 135 valence electrons. The maximum atomic E-state index is 3.45. The molecule has 27 heavy (non-hydrogen) atoms. The number of nitrogens with zero attached hydrogens (tertiary/aromatic N) is 1. The van der Waals surface area contributed by atoms with E-state index in [4.69, 9.17) is 0 Å². The second kappa shape index (κ2) is 9.76. The van der Waals surface area contributed by atoms with E-state index in [-0.39, 0.29) is 26.9 Å². The van der Waals surface area contributed by atoms with Gasteiger partial charge in [-0.25, -0.2) is 0 Å². The topological polar surface area (TPSA) is 3.24 Å². The monoisotopic (exact) mass is 438 g/mol. The van der Waals surface area contributed by atoms with E-state index in [0.717, 1.165) is 0 Å². The Balaban J connectivity index is 0.00000131. The summed E-state index contributed by atoms with van der Waals surface area (Å²) in [5, 5.41) is 0. The van der Waals surface area contributed by atoms with E-state index in [1.807, 2.05) is 0 Å². The molecular formula is C23H23B2NRh. The molecule has 3 aromatic carbocycles. The Bertz CT molecular complexity index is 828. The van der Waals surface area contributed by atoms with Crippen LogP contribution in [0.3, 0.4) is 0 Å². The van der Waals surface area contributed by atoms with E-state index in [1.165, 1.54) is 28.7 Å². The summed E-state index contributed by atoms with van der Waals surface area (Å²) in [7, 11) is 0. The third-order valence-electron chi connectivity index (χ3n) is 4.79. The maximum absolute atomic E-state index is 3.45. The van der Waals surface area contributed by atoms with Gasteiger partial charge in [-0.1, -0.05) is 55.1 Å². The van der Waals surface area contributed by atoms with E-state index >= 15 is 0 Å². The molecule has 1 heterocycles. The minimum Gasteiger partial charge on any atom is -0.358 e. The Morgan fingerprint density at radius 3 is 1.93 bits per heavy atom. The van der Waals surface area contributed by atoms with E-state index in [0.29, 0.717) is 13.4 Å². The van der Waals surface area contributed by atoms with Crippen molar-refractivity contribution in [2.24, 2.45) is 0 Å². The molecule has 4 rings (SSSR count). The van der Waals surface area contributed by atoms with Gasteiger partial charge >= 0.3 is 19.5 Å². The van der Waals surface area contributed by atoms with Gasteiger partial charge in [-0.3, -0.25) is 0 Å². The predicted octanol–water partition coefficient (Wildman–Crippen LogP) is 5.42. The SMILES string of the molecule is CB1C=CB(c2[c-]ccc(N(c3ccccc3)c3ccccc3)c2)C1.[CH3-].[Rh+2]. The average molecular weight is 438 g/mol. The van der Waals surface area contributed by atoms with E-state index in [1.54, 1.807) is 0 Å². The molecule has 1 radical (unpaired) electrons. The molecule has 1 aliphatic heterocycles. The van der Waals surface area contributed by atoms with Crippen molar-refractivity contribution in [3.8, 4) is 0 Å². The normalized spacial score (nSPS) is 12.3. The summed E-state index contributed by atoms with van der Waals surface area (Å²) in [4.78, 5) is 2.30. The summed E-state index contributed by atoms with van der Waals surface area (Å²) in [5.74, 6) is 4.65. The number of benzene rings is 3. The van der Waals surface area contributed by atoms with Crippen LogP contribution in [-0.2, 0) is 19.5 Å². The molecule has 1 aliphatic rings. The number of hydrogen-bond acceptors (Lipinski definition) is 1. The van der Waals surface area contributed by atoms with Crippen LogP contribution in [0.15, 0.2) is 90.8 Å². The minimum absolute atomic E-state index is 0. The van der Waals surface area contributed by atoms with E-state index in [9.17, 15) is 0 Å². The molecule has 0 spiro atoms. The molecule has 0 saturated heterocycles. The van der Waals surface area contributed by atoms with Gasteiger partial charge in [-0.05, 0) is 24.3 Å². The molecule has 0 aromatic heterocycles. The molecule has 1 nitrogen and oxygen atoms in total. The van der Waals surface area contributed by atoms with Crippen LogP contribution in [0, 0.1) is 13.5 Å². The Labute approximate surface area is 177 Å². The van der Waals surface area contributed by atoms with Crippen molar-refractivity contribution in [1.29, 1.82) is 0 Å². The summed E-state index contributed by atoms with van der Waals surface area (Å²) in [5.41, 5.74) is 4.79. The quantitative estimate of drug-likeness (QED) is 0.389. The fraction of sp³-hybridized carbons (Fsp3) is 0.0870. The van der Waals surface area contributed by atoms with Crippen molar-refractivity contribution in [2.45, 2.75) is 13.0 Å². The maximum Gasteiger partial charge on any atom is 2.00 e. The van der Waals surface area contributed by atoms with Gasteiger partial charge in [0, 0.05) is 11.4 Å². The zero-order valence-electron chi connectivity index (χ0n) is 15.8. The molecular weight excluding hydrogens is 415 g/mol. The van der Waals surface area contributed by atoms with Gasteiger partial charge in [0.2, 0.25) is 0 Å². The molecule has 0 N–H and O–H groups in total. The standard InChI is InChI=1S/C22H20B2N.CH3.Rh/c1-23-15-16-24(18-23)19-9-8-14-22(17-19)25(20-10-4-2-5-11-20)21-12-6-3-7-13-21;;/h2-8,10-17H,18H2,1H3;1H3;/q2*-1;+2. The Morgan fingerprint density at radius 2 is 1.41 bits per heavy atom. The van der Waals surface area contributed by atoms with Crippen molar-refractivity contribution in [1.82, 2.24) is 0 Å². The molecule has 3 aromatic rings. The van der Waals surface area contributed by atoms with E-state index < -0.39 is 0 Å². The molecule has 0 aliphatic carbocycles. The fourth-order valence-corrected chi connectivity index (χ4v) is 3.54. The van der Waals surface area contributed by atoms with Crippen LogP contribution in [0.5, 0.6) is 0 Å². The van der Waals surface area contributed by atoms with Gasteiger partial charge in [0.15, 0.2) is 13.4 Å². The summed E-state index contributed by atoms with van der Waals surface area (Å²) in [6, 6.07) is 31.0. The molecule has 0 saturated carbocycles. The van der Waals surface area contributed by atoms with Crippen LogP contribution in [-0.4, -0.2) is 13.4 Å². The molecule has 0 fully saturated rings. The van der Waals surface area contributed by atoms with Gasteiger partial charge in [0.05, 0.1) is 0 Å². The van der Waals surface area contributed by atoms with Crippen LogP contribution >= 0.6 is 0 Å². The zero-order valence-corrected chi connectivity index (χ0v) is 17.4. The predicted molar refractivity (Wildman–Crippen MR) is 117 cm³/mol. The largest absolute Gasteiger partial charge is 2.00 e. The molecule has 0 bridgehead atoms. The Hall–Kier alpha value is -2.05. The Morgan fingerprint density at radius 1 is 0.815 bits per heavy atom. The van der Waals surface area contributed by atoms with Crippen molar-refractivity contribution in [2.75, 3.05) is 4.90 Å². The first-order valence-electron chi connectivity index (χ1n) is 8.91. The first-order valence-corrected chi connectivity index (χ1v) is 8.91. The number of para-hydroxylation sites is 2. The summed E-state index contributed by atoms with van der Waals surface area (Å²) < 4.78 is 0. The fourth-order valence-electron chi connectivity index (χ4n) is 3.54. The number of hydrogen-bond donors (Lipinski definition) is 0. The van der Waals surface area contributed by atoms with Crippen molar-refractivity contribution in [3.05, 3.63) is 104 Å². The first-order chi connectivity index (χ1) is 12.3. The van der Waals surface area contributed by atoms with Crippen molar-refractivity contribution < 1.29 is 19.5 Å². The third-order valence-corrected chi connectivity index (χ3v) is 4.79. The summed E-state index contributed by atoms with van der Waals surface area (Å²) >= 11 is 0. The van der Waals surface area contributed by atoms with Crippen LogP contribution < -0.4 is 10.4 Å². The second-order valence-electron chi connectivity index (χ2n) is 6.71. The number of anilines is 3. The molecule has 4 heteroatoms. The Kier molecular flexibility index (Phi) is 7.69. The minimum atomic E-state index is 0. The molecule has 0 amide bonds. The second-order valence-corrected chi connectivity index (χ2v) is 6.71. The molecule has 0 atom stereocenters. The van der Waals surface area contributed by atoms with Gasteiger partial charge in [0.25, 0.3) is 0 Å². The van der Waals surface area contributed by atoms with Gasteiger partial charge in [0.1, 0.15) is 0 Å². The van der Waals surface area contributed by atoms with Gasteiger partial charge in [-0.2, -0.15) is 23.7 Å². The zero-order chi connectivity index (χ0) is 17.1. The average Bonchev–Trinajstić information content (AvgIpc) is 3.11. The smallest absolute Gasteiger partial charge is 0.358 e.